The van der Waals surface area contributed by atoms with Crippen molar-refractivity contribution in [2.24, 2.45) is 0 Å². The van der Waals surface area contributed by atoms with Crippen LogP contribution in [-0.4, -0.2) is 0 Å². The summed E-state index contributed by atoms with van der Waals surface area (Å²) in [5.41, 5.74) is -0.159. The van der Waals surface area contributed by atoms with E-state index in [1.165, 1.54) is 0 Å². The van der Waals surface area contributed by atoms with Gasteiger partial charge in [-0.1, -0.05) is 182 Å². The Labute approximate surface area is 306 Å². The Morgan fingerprint density at radius 3 is 1.52 bits per heavy atom. The summed E-state index contributed by atoms with van der Waals surface area (Å²) in [5.74, 6) is 0. The quantitative estimate of drug-likeness (QED) is 0.171. The lowest BCUT2D eigenvalue weighted by Gasteiger charge is -2.17. The second-order valence-electron chi connectivity index (χ2n) is 11.4. The summed E-state index contributed by atoms with van der Waals surface area (Å²) in [6, 6.07) is 7.30. The van der Waals surface area contributed by atoms with Gasteiger partial charge >= 0.3 is 0 Å². The molecule has 0 aliphatic rings. The smallest absolute Gasteiger partial charge is 0.0616 e. The number of hydrogen-bond donors (Lipinski definition) is 0. The van der Waals surface area contributed by atoms with Crippen LogP contribution in [0.3, 0.4) is 0 Å². The molecule has 10 aromatic carbocycles. The van der Waals surface area contributed by atoms with Crippen LogP contribution in [0, 0.1) is 0 Å². The van der Waals surface area contributed by atoms with E-state index in [4.69, 9.17) is 12.3 Å². The molecule has 0 heterocycles. The van der Waals surface area contributed by atoms with Gasteiger partial charge < -0.3 is 0 Å². The molecule has 0 aliphatic heterocycles. The zero-order valence-corrected chi connectivity index (χ0v) is 24.9. The molecule has 0 fully saturated rings. The van der Waals surface area contributed by atoms with Gasteiger partial charge in [-0.3, -0.25) is 0 Å². The van der Waals surface area contributed by atoms with Crippen molar-refractivity contribution in [2.45, 2.75) is 0 Å². The molecular formula is C48H30. The van der Waals surface area contributed by atoms with Crippen molar-refractivity contribution in [2.75, 3.05) is 0 Å². The average Bonchev–Trinajstić information content (AvgIpc) is 3.32. The van der Waals surface area contributed by atoms with E-state index >= 15 is 0 Å². The maximum absolute atomic E-state index is 9.59. The summed E-state index contributed by atoms with van der Waals surface area (Å²) in [6.07, 6.45) is 0. The third kappa shape index (κ3) is 4.16. The Morgan fingerprint density at radius 2 is 0.812 bits per heavy atom. The van der Waals surface area contributed by atoms with Crippen LogP contribution in [0.25, 0.3) is 98.4 Å². The fourth-order valence-electron chi connectivity index (χ4n) is 6.45. The van der Waals surface area contributed by atoms with Crippen molar-refractivity contribution < 1.29 is 26.0 Å². The highest BCUT2D eigenvalue weighted by Crippen LogP contribution is 2.43. The van der Waals surface area contributed by atoms with Gasteiger partial charge in [0.05, 0.1) is 26.0 Å². The highest BCUT2D eigenvalue weighted by atomic mass is 14.2. The van der Waals surface area contributed by atoms with Crippen molar-refractivity contribution in [3.8, 4) is 44.5 Å². The molecule has 0 saturated heterocycles. The van der Waals surface area contributed by atoms with Gasteiger partial charge in [0.1, 0.15) is 0 Å². The van der Waals surface area contributed by atoms with Crippen LogP contribution in [0.1, 0.15) is 26.0 Å². The molecule has 0 radical (unpaired) electrons. The number of fused-ring (bicyclic) bond motifs is 2. The molecule has 0 spiro atoms. The molecule has 10 rings (SSSR count). The predicted molar refractivity (Wildman–Crippen MR) is 207 cm³/mol. The molecule has 0 saturated carbocycles. The van der Waals surface area contributed by atoms with E-state index in [1.54, 1.807) is 12.1 Å². The summed E-state index contributed by atoms with van der Waals surface area (Å²) in [5, 5.41) is -0.0569. The van der Waals surface area contributed by atoms with Gasteiger partial charge in [-0.25, -0.2) is 0 Å². The Bertz CT molecular complexity index is 3860. The molecule has 222 valence electrons. The summed E-state index contributed by atoms with van der Waals surface area (Å²) in [4.78, 5) is 0. The van der Waals surface area contributed by atoms with Crippen LogP contribution in [0.5, 0.6) is 0 Å². The van der Waals surface area contributed by atoms with Crippen molar-refractivity contribution in [1.29, 1.82) is 0 Å². The first-order chi connectivity index (χ1) is 31.7. The Balaban J connectivity index is 1.30. The van der Waals surface area contributed by atoms with E-state index in [0.717, 1.165) is 21.9 Å². The first-order valence-corrected chi connectivity index (χ1v) is 15.1. The fraction of sp³-hybridized carbons (Fsp3) is 0. The average molecular weight is 626 g/mol. The third-order valence-corrected chi connectivity index (χ3v) is 8.71. The van der Waals surface area contributed by atoms with E-state index in [9.17, 15) is 13.7 Å². The van der Waals surface area contributed by atoms with Crippen LogP contribution in [-0.2, 0) is 0 Å². The largest absolute Gasteiger partial charge is 0.0630 e. The lowest BCUT2D eigenvalue weighted by atomic mass is 9.86. The molecule has 0 amide bonds. The molecule has 0 N–H and O–H groups in total. The molecule has 10 aromatic rings. The van der Waals surface area contributed by atoms with E-state index in [-0.39, 0.29) is 37.9 Å². The Morgan fingerprint density at radius 1 is 0.271 bits per heavy atom. The maximum Gasteiger partial charge on any atom is 0.0630 e. The normalized spacial score (nSPS) is 17.3. The van der Waals surface area contributed by atoms with Crippen LogP contribution in [0.15, 0.2) is 182 Å². The van der Waals surface area contributed by atoms with Crippen LogP contribution >= 0.6 is 0 Å². The van der Waals surface area contributed by atoms with Crippen molar-refractivity contribution in [1.82, 2.24) is 0 Å². The van der Waals surface area contributed by atoms with Gasteiger partial charge in [-0.05, 0) is 98.4 Å². The fourth-order valence-corrected chi connectivity index (χ4v) is 6.45. The van der Waals surface area contributed by atoms with Crippen LogP contribution < -0.4 is 0 Å². The minimum absolute atomic E-state index is 0.0410. The minimum atomic E-state index is -0.888. The lowest BCUT2D eigenvalue weighted by molar-refractivity contribution is 1.62. The number of hydrogen-bond acceptors (Lipinski definition) is 0. The second-order valence-corrected chi connectivity index (χ2v) is 11.4. The predicted octanol–water partition coefficient (Wildman–Crippen LogP) is 13.6. The molecule has 0 aromatic heterocycles. The summed E-state index contributed by atoms with van der Waals surface area (Å²) in [7, 11) is 0. The lowest BCUT2D eigenvalue weighted by Crippen LogP contribution is -1.90. The van der Waals surface area contributed by atoms with Gasteiger partial charge in [0.15, 0.2) is 0 Å². The molecule has 0 bridgehead atoms. The zero-order chi connectivity index (χ0) is 48.1. The SMILES string of the molecule is [2H]c1c([2H])c(-c2c([2H])c([2H])c3c([2H])c([2H])c4c([2H])c([2H])c(-c5ccc(-c6cccc7ccccc67)cc5)c5c([2H])c([2H])c2c3c45)c([2H])c([2H])c1-c1c([2H])c([2H])c([2H])c2c([2H])c([2H])c([2H])c([2H])c12. The minimum Gasteiger partial charge on any atom is -0.0616 e. The van der Waals surface area contributed by atoms with Gasteiger partial charge in [0, 0.05) is 0 Å². The summed E-state index contributed by atoms with van der Waals surface area (Å²) < 4.78 is 172. The van der Waals surface area contributed by atoms with E-state index in [0.29, 0.717) is 5.56 Å². The van der Waals surface area contributed by atoms with Crippen LogP contribution in [0.2, 0.25) is 0 Å². The molecule has 0 heteroatoms. The monoisotopic (exact) mass is 625 g/mol. The summed E-state index contributed by atoms with van der Waals surface area (Å²) >= 11 is 0. The number of benzene rings is 10. The van der Waals surface area contributed by atoms with Crippen molar-refractivity contribution in [3.63, 3.8) is 0 Å². The highest BCUT2D eigenvalue weighted by Gasteiger charge is 2.15. The van der Waals surface area contributed by atoms with Gasteiger partial charge in [-0.15, -0.1) is 0 Å². The topological polar surface area (TPSA) is 0 Å². The standard InChI is InChI=1S/C48H30/c1-3-11-39-31(7-1)9-5-13-41(39)33-15-19-35(20-16-33)43-27-25-37-23-24-38-26-28-44(46-30-29-45(43)47(37)48(38)46)36-21-17-34(18-22-36)42-14-6-10-32-8-2-4-12-40(32)42/h1-30H/i1D,3D,5D,7D,9D,11D,13D,15D,16D,19D,20D,23D,24D,25D,26D,27D,28D,29D,30D. The number of rotatable bonds is 4. The Kier molecular flexibility index (Phi) is 3.17. The van der Waals surface area contributed by atoms with Gasteiger partial charge in [-0.2, -0.15) is 0 Å². The molecule has 0 unspecified atom stereocenters. The first-order valence-electron chi connectivity index (χ1n) is 24.6. The van der Waals surface area contributed by atoms with Gasteiger partial charge in [0.25, 0.3) is 0 Å². The second kappa shape index (κ2) is 10.7. The zero-order valence-electron chi connectivity index (χ0n) is 43.9. The molecule has 0 atom stereocenters. The third-order valence-electron chi connectivity index (χ3n) is 8.71. The van der Waals surface area contributed by atoms with Crippen LogP contribution in [0.4, 0.5) is 0 Å². The molecular weight excluding hydrogens is 577 g/mol. The highest BCUT2D eigenvalue weighted by molar-refractivity contribution is 6.27. The first kappa shape index (κ1) is 14.3. The molecule has 48 heavy (non-hydrogen) atoms. The molecule has 0 nitrogen and oxygen atoms in total. The van der Waals surface area contributed by atoms with E-state index < -0.39 is 148 Å². The maximum atomic E-state index is 9.59. The van der Waals surface area contributed by atoms with Crippen molar-refractivity contribution >= 4 is 53.9 Å². The van der Waals surface area contributed by atoms with E-state index in [2.05, 4.69) is 0 Å². The summed E-state index contributed by atoms with van der Waals surface area (Å²) in [6.45, 7) is 0. The molecule has 0 aliphatic carbocycles. The van der Waals surface area contributed by atoms with E-state index in [1.807, 2.05) is 54.6 Å². The van der Waals surface area contributed by atoms with Gasteiger partial charge in [0.2, 0.25) is 0 Å². The van der Waals surface area contributed by atoms with Crippen molar-refractivity contribution in [3.05, 3.63) is 182 Å². The Hall–Kier alpha value is -6.24.